The molecule has 1 amide bonds. The first-order valence-electron chi connectivity index (χ1n) is 7.89. The van der Waals surface area contributed by atoms with E-state index in [4.69, 9.17) is 4.74 Å². The molecule has 0 N–H and O–H groups in total. The first kappa shape index (κ1) is 14.8. The van der Waals surface area contributed by atoms with Gasteiger partial charge in [0, 0.05) is 19.5 Å². The molecule has 2 fully saturated rings. The van der Waals surface area contributed by atoms with Crippen LogP contribution in [0.15, 0.2) is 24.3 Å². The van der Waals surface area contributed by atoms with Gasteiger partial charge in [0.2, 0.25) is 5.91 Å². The topological polar surface area (TPSA) is 29.5 Å². The van der Waals surface area contributed by atoms with Crippen molar-refractivity contribution in [3.63, 3.8) is 0 Å². The molecule has 1 aromatic carbocycles. The maximum absolute atomic E-state index is 12.0. The molecule has 2 aliphatic rings. The van der Waals surface area contributed by atoms with Gasteiger partial charge in [0.05, 0.1) is 6.10 Å². The van der Waals surface area contributed by atoms with E-state index in [1.807, 2.05) is 17.0 Å². The molecule has 1 heterocycles. The summed E-state index contributed by atoms with van der Waals surface area (Å²) in [7, 11) is 0. The summed E-state index contributed by atoms with van der Waals surface area (Å²) >= 11 is 4.31. The molecule has 1 unspecified atom stereocenters. The Morgan fingerprint density at radius 3 is 2.81 bits per heavy atom. The molecule has 3 nitrogen and oxygen atoms in total. The van der Waals surface area contributed by atoms with Crippen LogP contribution in [0.3, 0.4) is 0 Å². The second-order valence-electron chi connectivity index (χ2n) is 6.20. The molecule has 1 saturated carbocycles. The molecule has 3 rings (SSSR count). The summed E-state index contributed by atoms with van der Waals surface area (Å²) in [6.07, 6.45) is 5.90. The highest BCUT2D eigenvalue weighted by Crippen LogP contribution is 2.26. The van der Waals surface area contributed by atoms with Crippen LogP contribution in [0.4, 0.5) is 0 Å². The smallest absolute Gasteiger partial charge is 0.223 e. The van der Waals surface area contributed by atoms with E-state index in [-0.39, 0.29) is 5.91 Å². The Bertz CT molecular complexity index is 499. The van der Waals surface area contributed by atoms with Crippen LogP contribution in [-0.2, 0) is 11.3 Å². The molecule has 114 valence electrons. The average Bonchev–Trinajstić information content (AvgIpc) is 3.10. The number of benzene rings is 1. The van der Waals surface area contributed by atoms with Gasteiger partial charge in [-0.1, -0.05) is 12.1 Å². The largest absolute Gasteiger partial charge is 0.490 e. The lowest BCUT2D eigenvalue weighted by Gasteiger charge is -2.18. The fourth-order valence-corrected chi connectivity index (χ4v) is 3.51. The number of amides is 1. The number of hydrogen-bond acceptors (Lipinski definition) is 3. The molecular weight excluding hydrogens is 282 g/mol. The second-order valence-corrected chi connectivity index (χ2v) is 6.56. The Morgan fingerprint density at radius 2 is 2.10 bits per heavy atom. The summed E-state index contributed by atoms with van der Waals surface area (Å²) in [4.78, 5) is 13.9. The molecule has 0 bridgehead atoms. The van der Waals surface area contributed by atoms with Gasteiger partial charge < -0.3 is 9.64 Å². The minimum atomic E-state index is 0.246. The third kappa shape index (κ3) is 3.73. The summed E-state index contributed by atoms with van der Waals surface area (Å²) in [6, 6.07) is 8.20. The maximum Gasteiger partial charge on any atom is 0.223 e. The highest BCUT2D eigenvalue weighted by molar-refractivity contribution is 7.80. The van der Waals surface area contributed by atoms with Crippen molar-refractivity contribution in [2.24, 2.45) is 5.92 Å². The summed E-state index contributed by atoms with van der Waals surface area (Å²) < 4.78 is 6.03. The van der Waals surface area contributed by atoms with Crippen molar-refractivity contribution in [1.29, 1.82) is 0 Å². The summed E-state index contributed by atoms with van der Waals surface area (Å²) in [5, 5.41) is 0. The monoisotopic (exact) mass is 305 g/mol. The zero-order chi connectivity index (χ0) is 14.7. The summed E-state index contributed by atoms with van der Waals surface area (Å²) in [6.45, 7) is 1.51. The minimum Gasteiger partial charge on any atom is -0.490 e. The van der Waals surface area contributed by atoms with Crippen molar-refractivity contribution in [3.8, 4) is 5.75 Å². The zero-order valence-corrected chi connectivity index (χ0v) is 13.2. The number of likely N-dealkylation sites (tertiary alicyclic amines) is 1. The standard InChI is InChI=1S/C17H23NO2S/c19-17-9-14(12-21)11-18(17)10-13-4-3-7-16(8-13)20-15-5-1-2-6-15/h3-4,7-8,14-15,21H,1-2,5-6,9-12H2. The SMILES string of the molecule is O=C1CC(CS)CN1Cc1cccc(OC2CCCC2)c1. The van der Waals surface area contributed by atoms with Crippen molar-refractivity contribution in [2.45, 2.75) is 44.8 Å². The van der Waals surface area contributed by atoms with Crippen molar-refractivity contribution < 1.29 is 9.53 Å². The third-order valence-corrected chi connectivity index (χ3v) is 4.95. The van der Waals surface area contributed by atoms with E-state index in [1.54, 1.807) is 0 Å². The van der Waals surface area contributed by atoms with E-state index < -0.39 is 0 Å². The van der Waals surface area contributed by atoms with Crippen LogP contribution >= 0.6 is 12.6 Å². The Balaban J connectivity index is 1.61. The molecule has 1 atom stereocenters. The molecule has 21 heavy (non-hydrogen) atoms. The van der Waals surface area contributed by atoms with E-state index in [0.717, 1.165) is 23.6 Å². The number of carbonyl (C=O) groups is 1. The van der Waals surface area contributed by atoms with Gasteiger partial charge in [-0.15, -0.1) is 0 Å². The van der Waals surface area contributed by atoms with Crippen molar-refractivity contribution in [3.05, 3.63) is 29.8 Å². The molecule has 1 aliphatic carbocycles. The van der Waals surface area contributed by atoms with Crippen LogP contribution in [0.5, 0.6) is 5.75 Å². The molecule has 1 aliphatic heterocycles. The van der Waals surface area contributed by atoms with Crippen LogP contribution < -0.4 is 4.74 Å². The highest BCUT2D eigenvalue weighted by atomic mass is 32.1. The van der Waals surface area contributed by atoms with Crippen LogP contribution in [0.2, 0.25) is 0 Å². The number of ether oxygens (including phenoxy) is 1. The molecule has 1 saturated heterocycles. The Labute approximate surface area is 132 Å². The molecule has 0 aromatic heterocycles. The quantitative estimate of drug-likeness (QED) is 0.846. The third-order valence-electron chi connectivity index (χ3n) is 4.43. The van der Waals surface area contributed by atoms with Crippen molar-refractivity contribution in [1.82, 2.24) is 4.90 Å². The van der Waals surface area contributed by atoms with Gasteiger partial charge in [0.25, 0.3) is 0 Å². The molecular formula is C17H23NO2S. The van der Waals surface area contributed by atoms with E-state index >= 15 is 0 Å². The predicted molar refractivity (Wildman–Crippen MR) is 86.7 cm³/mol. The average molecular weight is 305 g/mol. The second kappa shape index (κ2) is 6.73. The summed E-state index contributed by atoms with van der Waals surface area (Å²) in [5.41, 5.74) is 1.15. The van der Waals surface area contributed by atoms with Crippen LogP contribution in [0, 0.1) is 5.92 Å². The fourth-order valence-electron chi connectivity index (χ4n) is 3.27. The molecule has 1 aromatic rings. The van der Waals surface area contributed by atoms with Gasteiger partial charge in [0.1, 0.15) is 5.75 Å². The van der Waals surface area contributed by atoms with Gasteiger partial charge >= 0.3 is 0 Å². The lowest BCUT2D eigenvalue weighted by molar-refractivity contribution is -0.128. The lowest BCUT2D eigenvalue weighted by atomic mass is 10.1. The number of thiol groups is 1. The van der Waals surface area contributed by atoms with E-state index in [1.165, 1.54) is 25.7 Å². The van der Waals surface area contributed by atoms with Crippen LogP contribution in [-0.4, -0.2) is 29.2 Å². The highest BCUT2D eigenvalue weighted by Gasteiger charge is 2.28. The number of rotatable bonds is 5. The van der Waals surface area contributed by atoms with Gasteiger partial charge in [-0.25, -0.2) is 0 Å². The van der Waals surface area contributed by atoms with E-state index in [9.17, 15) is 4.79 Å². The van der Waals surface area contributed by atoms with Gasteiger partial charge in [-0.05, 0) is 55.1 Å². The van der Waals surface area contributed by atoms with Gasteiger partial charge in [0.15, 0.2) is 0 Å². The first-order chi connectivity index (χ1) is 10.2. The van der Waals surface area contributed by atoms with E-state index in [0.29, 0.717) is 25.0 Å². The van der Waals surface area contributed by atoms with Crippen molar-refractivity contribution in [2.75, 3.05) is 12.3 Å². The molecule has 4 heteroatoms. The first-order valence-corrected chi connectivity index (χ1v) is 8.52. The predicted octanol–water partition coefficient (Wildman–Crippen LogP) is 3.29. The molecule has 0 spiro atoms. The number of hydrogen-bond donors (Lipinski definition) is 1. The normalized spacial score (nSPS) is 23.0. The minimum absolute atomic E-state index is 0.246. The Kier molecular flexibility index (Phi) is 4.73. The fraction of sp³-hybridized carbons (Fsp3) is 0.588. The Morgan fingerprint density at radius 1 is 1.29 bits per heavy atom. The van der Waals surface area contributed by atoms with Gasteiger partial charge in [-0.2, -0.15) is 12.6 Å². The number of carbonyl (C=O) groups excluding carboxylic acids is 1. The van der Waals surface area contributed by atoms with E-state index in [2.05, 4.69) is 24.8 Å². The lowest BCUT2D eigenvalue weighted by Crippen LogP contribution is -2.24. The maximum atomic E-state index is 12.0. The van der Waals surface area contributed by atoms with Crippen LogP contribution in [0.1, 0.15) is 37.7 Å². The van der Waals surface area contributed by atoms with Crippen LogP contribution in [0.25, 0.3) is 0 Å². The van der Waals surface area contributed by atoms with Crippen molar-refractivity contribution >= 4 is 18.5 Å². The van der Waals surface area contributed by atoms with Gasteiger partial charge in [-0.3, -0.25) is 4.79 Å². The molecule has 0 radical (unpaired) electrons. The number of nitrogens with zero attached hydrogens (tertiary/aromatic N) is 1. The Hall–Kier alpha value is -1.16. The summed E-state index contributed by atoms with van der Waals surface area (Å²) in [5.74, 6) is 2.37. The zero-order valence-electron chi connectivity index (χ0n) is 12.3.